The molecule has 0 aromatic carbocycles. The average molecular weight is 495 g/mol. The fraction of sp³-hybridized carbons (Fsp3) is 0.545. The number of fused-ring (bicyclic) bond motifs is 1. The van der Waals surface area contributed by atoms with Gasteiger partial charge in [0.05, 0.1) is 22.9 Å². The molecule has 4 rings (SSSR count). The molecular formula is C22H27ClN4O3S2. The minimum Gasteiger partial charge on any atom is -0.376 e. The molecule has 1 aliphatic carbocycles. The van der Waals surface area contributed by atoms with Gasteiger partial charge in [-0.1, -0.05) is 30.3 Å². The molecule has 2 aliphatic rings. The maximum absolute atomic E-state index is 13.1. The molecule has 1 unspecified atom stereocenters. The van der Waals surface area contributed by atoms with Crippen LogP contribution in [0.15, 0.2) is 11.4 Å². The first-order valence-electron chi connectivity index (χ1n) is 11.1. The van der Waals surface area contributed by atoms with Gasteiger partial charge in [0, 0.05) is 23.8 Å². The molecule has 2 aromatic rings. The lowest BCUT2D eigenvalue weighted by molar-refractivity contribution is 0.0858. The number of nitrogens with zero attached hydrogens (tertiary/aromatic N) is 2. The molecule has 32 heavy (non-hydrogen) atoms. The summed E-state index contributed by atoms with van der Waals surface area (Å²) in [5.41, 5.74) is 1.74. The molecule has 1 atom stereocenters. The summed E-state index contributed by atoms with van der Waals surface area (Å²) in [5.74, 6) is 0.265. The standard InChI is InChI=1S/C22H27ClN4O3S2/c1-2-10-31-22-25-12-15(23)18(26-22)20(29)27-21-17(14-7-3-4-8-16(14)32-21)19(28)24-11-13-6-5-9-30-13/h12-13H,2-11H2,1H3,(H,24,28)(H,27,29). The van der Waals surface area contributed by atoms with Crippen LogP contribution in [0.1, 0.15) is 70.3 Å². The van der Waals surface area contributed by atoms with Gasteiger partial charge in [0.1, 0.15) is 5.00 Å². The molecule has 7 nitrogen and oxygen atoms in total. The normalized spacial score (nSPS) is 17.8. The van der Waals surface area contributed by atoms with E-state index in [1.807, 2.05) is 0 Å². The summed E-state index contributed by atoms with van der Waals surface area (Å²) in [6.45, 7) is 3.29. The van der Waals surface area contributed by atoms with Crippen LogP contribution in [0.2, 0.25) is 5.02 Å². The third-order valence-corrected chi connectivity index (χ3v) is 8.06. The average Bonchev–Trinajstić information content (AvgIpc) is 3.44. The maximum Gasteiger partial charge on any atom is 0.276 e. The molecule has 0 radical (unpaired) electrons. The van der Waals surface area contributed by atoms with Crippen molar-refractivity contribution in [1.29, 1.82) is 0 Å². The van der Waals surface area contributed by atoms with Crippen molar-refractivity contribution in [3.8, 4) is 0 Å². The van der Waals surface area contributed by atoms with E-state index in [0.29, 0.717) is 22.3 Å². The van der Waals surface area contributed by atoms with E-state index in [9.17, 15) is 9.59 Å². The maximum atomic E-state index is 13.1. The Morgan fingerprint density at radius 3 is 2.91 bits per heavy atom. The largest absolute Gasteiger partial charge is 0.376 e. The van der Waals surface area contributed by atoms with E-state index in [0.717, 1.165) is 62.9 Å². The Balaban J connectivity index is 1.56. The van der Waals surface area contributed by atoms with Gasteiger partial charge in [0.2, 0.25) is 0 Å². The number of amides is 2. The molecule has 1 aliphatic heterocycles. The lowest BCUT2D eigenvalue weighted by Gasteiger charge is -2.15. The predicted molar refractivity (Wildman–Crippen MR) is 128 cm³/mol. The van der Waals surface area contributed by atoms with E-state index in [4.69, 9.17) is 16.3 Å². The highest BCUT2D eigenvalue weighted by Crippen LogP contribution is 2.38. The van der Waals surface area contributed by atoms with Crippen molar-refractivity contribution in [2.45, 2.75) is 63.1 Å². The van der Waals surface area contributed by atoms with Gasteiger partial charge in [-0.15, -0.1) is 11.3 Å². The summed E-state index contributed by atoms with van der Waals surface area (Å²) in [6.07, 6.45) is 8.37. The van der Waals surface area contributed by atoms with Crippen LogP contribution in [0.5, 0.6) is 0 Å². The second-order valence-electron chi connectivity index (χ2n) is 7.91. The van der Waals surface area contributed by atoms with Gasteiger partial charge < -0.3 is 15.4 Å². The number of hydrogen-bond donors (Lipinski definition) is 2. The van der Waals surface area contributed by atoms with Crippen LogP contribution in [-0.2, 0) is 17.6 Å². The van der Waals surface area contributed by atoms with E-state index < -0.39 is 5.91 Å². The Morgan fingerprint density at radius 1 is 1.28 bits per heavy atom. The number of thioether (sulfide) groups is 1. The molecule has 0 spiro atoms. The van der Waals surface area contributed by atoms with Gasteiger partial charge in [-0.2, -0.15) is 0 Å². The molecule has 3 heterocycles. The van der Waals surface area contributed by atoms with Crippen LogP contribution in [0.3, 0.4) is 0 Å². The highest BCUT2D eigenvalue weighted by Gasteiger charge is 2.28. The molecule has 10 heteroatoms. The first kappa shape index (κ1) is 23.5. The van der Waals surface area contributed by atoms with Gasteiger partial charge in [0.15, 0.2) is 10.9 Å². The van der Waals surface area contributed by atoms with E-state index in [-0.39, 0.29) is 22.7 Å². The van der Waals surface area contributed by atoms with Crippen molar-refractivity contribution < 1.29 is 14.3 Å². The Morgan fingerprint density at radius 2 is 2.12 bits per heavy atom. The van der Waals surface area contributed by atoms with Crippen LogP contribution in [0.4, 0.5) is 5.00 Å². The van der Waals surface area contributed by atoms with Crippen LogP contribution in [0, 0.1) is 0 Å². The van der Waals surface area contributed by atoms with E-state index >= 15 is 0 Å². The Kier molecular flexibility index (Phi) is 8.04. The van der Waals surface area contributed by atoms with Gasteiger partial charge in [0.25, 0.3) is 11.8 Å². The number of aromatic nitrogens is 2. The molecule has 1 fully saturated rings. The third-order valence-electron chi connectivity index (χ3n) is 5.51. The van der Waals surface area contributed by atoms with Crippen molar-refractivity contribution >= 4 is 51.5 Å². The number of carbonyl (C=O) groups is 2. The van der Waals surface area contributed by atoms with Crippen LogP contribution < -0.4 is 10.6 Å². The Bertz CT molecular complexity index is 992. The van der Waals surface area contributed by atoms with Crippen molar-refractivity contribution in [3.63, 3.8) is 0 Å². The third kappa shape index (κ3) is 5.44. The first-order chi connectivity index (χ1) is 15.6. The summed E-state index contributed by atoms with van der Waals surface area (Å²) in [6, 6.07) is 0. The Hall–Kier alpha value is -1.68. The lowest BCUT2D eigenvalue weighted by atomic mass is 9.95. The zero-order chi connectivity index (χ0) is 22.5. The number of carbonyl (C=O) groups excluding carboxylic acids is 2. The fourth-order valence-electron chi connectivity index (χ4n) is 3.93. The summed E-state index contributed by atoms with van der Waals surface area (Å²) in [5, 5.41) is 7.19. The van der Waals surface area contributed by atoms with E-state index in [2.05, 4.69) is 27.5 Å². The van der Waals surface area contributed by atoms with Gasteiger partial charge >= 0.3 is 0 Å². The molecule has 1 saturated heterocycles. The number of hydrogen-bond acceptors (Lipinski definition) is 7. The smallest absolute Gasteiger partial charge is 0.276 e. The monoisotopic (exact) mass is 494 g/mol. The highest BCUT2D eigenvalue weighted by molar-refractivity contribution is 7.99. The highest BCUT2D eigenvalue weighted by atomic mass is 35.5. The SMILES string of the molecule is CCCSc1ncc(Cl)c(C(=O)Nc2sc3c(c2C(=O)NCC2CCCO2)CCCC3)n1. The zero-order valence-electron chi connectivity index (χ0n) is 18.0. The number of nitrogens with one attached hydrogen (secondary N) is 2. The van der Waals surface area contributed by atoms with E-state index in [1.54, 1.807) is 0 Å². The first-order valence-corrected chi connectivity index (χ1v) is 13.3. The Labute approximate surface area is 201 Å². The van der Waals surface area contributed by atoms with Crippen LogP contribution in [0.25, 0.3) is 0 Å². The van der Waals surface area contributed by atoms with E-state index in [1.165, 1.54) is 34.2 Å². The number of thiophene rings is 1. The molecule has 2 amide bonds. The minimum absolute atomic E-state index is 0.0605. The minimum atomic E-state index is -0.428. The topological polar surface area (TPSA) is 93.2 Å². The number of anilines is 1. The number of rotatable bonds is 8. The number of halogens is 1. The lowest BCUT2D eigenvalue weighted by Crippen LogP contribution is -2.32. The van der Waals surface area contributed by atoms with Crippen molar-refractivity contribution in [1.82, 2.24) is 15.3 Å². The molecule has 0 bridgehead atoms. The van der Waals surface area contributed by atoms with Gasteiger partial charge in [-0.3, -0.25) is 9.59 Å². The summed E-state index contributed by atoms with van der Waals surface area (Å²) < 4.78 is 5.63. The van der Waals surface area contributed by atoms with Crippen LogP contribution in [-0.4, -0.2) is 46.8 Å². The zero-order valence-corrected chi connectivity index (χ0v) is 20.4. The second kappa shape index (κ2) is 11.0. The molecule has 2 aromatic heterocycles. The fourth-order valence-corrected chi connectivity index (χ4v) is 6.06. The van der Waals surface area contributed by atoms with Crippen molar-refractivity contribution in [2.24, 2.45) is 0 Å². The molecule has 2 N–H and O–H groups in total. The van der Waals surface area contributed by atoms with Crippen LogP contribution >= 0.6 is 34.7 Å². The van der Waals surface area contributed by atoms with Gasteiger partial charge in [-0.05, 0) is 50.5 Å². The summed E-state index contributed by atoms with van der Waals surface area (Å²) >= 11 is 9.19. The molecule has 0 saturated carbocycles. The summed E-state index contributed by atoms with van der Waals surface area (Å²) in [4.78, 5) is 35.9. The molecule has 172 valence electrons. The van der Waals surface area contributed by atoms with Gasteiger partial charge in [-0.25, -0.2) is 9.97 Å². The van der Waals surface area contributed by atoms with Crippen molar-refractivity contribution in [3.05, 3.63) is 32.9 Å². The molecular weight excluding hydrogens is 468 g/mol. The second-order valence-corrected chi connectivity index (χ2v) is 10.5. The quantitative estimate of drug-likeness (QED) is 0.407. The number of aryl methyl sites for hydroxylation is 1. The summed E-state index contributed by atoms with van der Waals surface area (Å²) in [7, 11) is 0. The predicted octanol–water partition coefficient (Wildman–Crippen LogP) is 4.73. The van der Waals surface area contributed by atoms with Crippen molar-refractivity contribution in [2.75, 3.05) is 24.2 Å². The number of ether oxygens (including phenoxy) is 1.